The maximum absolute atomic E-state index is 16.3. The van der Waals surface area contributed by atoms with Crippen LogP contribution in [0.1, 0.15) is 76.4 Å². The van der Waals surface area contributed by atoms with E-state index in [4.69, 9.17) is 28.9 Å². The highest BCUT2D eigenvalue weighted by atomic mass is 32.1. The maximum atomic E-state index is 16.3. The lowest BCUT2D eigenvalue weighted by Crippen LogP contribution is -2.50. The minimum Gasteiger partial charge on any atom is -0.459 e. The largest absolute Gasteiger partial charge is 0.459 e. The van der Waals surface area contributed by atoms with Gasteiger partial charge >= 0.3 is 23.9 Å². The van der Waals surface area contributed by atoms with Gasteiger partial charge in [-0.1, -0.05) is 170 Å². The van der Waals surface area contributed by atoms with E-state index in [1.807, 2.05) is 24.3 Å². The minimum absolute atomic E-state index is 0.0181. The molecule has 0 atom stereocenters. The summed E-state index contributed by atoms with van der Waals surface area (Å²) in [7, 11) is 0. The molecule has 0 amide bonds. The standard InChI is InChI=1S/C70H38N6O10S3/c71-31-43(32-72)53-45-25-13-15-27-47(45)59(77)57(53)75-51-29-49-61(87-51)63-55(69(49,65(79)83-35-39-17-5-1-6-18-39)66(80)84-36-40-19-7-2-8-20-40)56-64(89-63)62-50(30-52(88-62)76-58-54(44(33-73)34-74)46-26-14-16-28-48(46)60(58)78)70(56,67(81)85-37-41-21-9-3-10-22-41)68(82)86-38-42-23-11-4-12-24-42/h1-30H,35-38H2. The number of aliphatic imine (C=N–C) groups is 2. The summed E-state index contributed by atoms with van der Waals surface area (Å²) in [6, 6.07) is 58.0. The summed E-state index contributed by atoms with van der Waals surface area (Å²) in [5.74, 6) is -5.94. The van der Waals surface area contributed by atoms with Crippen LogP contribution < -0.4 is 0 Å². The Bertz CT molecular complexity index is 4410. The monoisotopic (exact) mass is 1220 g/mol. The number of Topliss-reactive ketones (excluding diaryl/α,β-unsaturated/α-hetero) is 2. The first-order valence-corrected chi connectivity index (χ1v) is 29.8. The molecular formula is C70H38N6O10S3. The van der Waals surface area contributed by atoms with Crippen molar-refractivity contribution in [3.63, 3.8) is 0 Å². The molecule has 3 heterocycles. The molecule has 89 heavy (non-hydrogen) atoms. The molecule has 0 fully saturated rings. The van der Waals surface area contributed by atoms with Crippen LogP contribution in [0, 0.1) is 45.3 Å². The van der Waals surface area contributed by atoms with Crippen LogP contribution in [0.2, 0.25) is 0 Å². The lowest BCUT2D eigenvalue weighted by Gasteiger charge is -2.32. The van der Waals surface area contributed by atoms with Crippen molar-refractivity contribution >= 4 is 102 Å². The SMILES string of the molecule is N#CC(C#N)=C1C(=Nc2cc3c(s2)-c2sc4c(c2C3(C(=O)OCc2ccccc2)C(=O)OCc2ccccc2)C(C(=O)OCc2ccccc2)(C(=O)OCc2ccccc2)c2cc(N=C3C(=O)c5ccccc5C3=C(C#N)C#N)sc2-4)C(=O)c2ccccc21. The van der Waals surface area contributed by atoms with Gasteiger partial charge in [-0.05, 0) is 45.5 Å². The molecule has 6 aromatic carbocycles. The number of carbonyl (C=O) groups excluding carboxylic acids is 6. The van der Waals surface area contributed by atoms with Gasteiger partial charge < -0.3 is 18.9 Å². The van der Waals surface area contributed by atoms with Gasteiger partial charge in [0.1, 0.15) is 83.3 Å². The van der Waals surface area contributed by atoms with Crippen LogP contribution in [-0.4, -0.2) is 46.9 Å². The van der Waals surface area contributed by atoms with E-state index in [2.05, 4.69) is 0 Å². The zero-order chi connectivity index (χ0) is 61.6. The predicted molar refractivity (Wildman–Crippen MR) is 329 cm³/mol. The maximum Gasteiger partial charge on any atom is 0.333 e. The van der Waals surface area contributed by atoms with Crippen molar-refractivity contribution in [2.45, 2.75) is 37.3 Å². The fourth-order valence-corrected chi connectivity index (χ4v) is 15.5. The molecule has 16 nitrogen and oxygen atoms in total. The third-order valence-corrected chi connectivity index (χ3v) is 19.1. The summed E-state index contributed by atoms with van der Waals surface area (Å²) < 4.78 is 25.3. The quantitative estimate of drug-likeness (QED) is 0.0424. The first kappa shape index (κ1) is 56.5. The molecule has 19 heteroatoms. The van der Waals surface area contributed by atoms with Gasteiger partial charge in [0.25, 0.3) is 0 Å². The highest BCUT2D eigenvalue weighted by Crippen LogP contribution is 2.68. The van der Waals surface area contributed by atoms with Gasteiger partial charge in [-0.2, -0.15) is 21.0 Å². The fourth-order valence-electron chi connectivity index (χ4n) is 11.6. The summed E-state index contributed by atoms with van der Waals surface area (Å²) in [5, 5.41) is 41.1. The van der Waals surface area contributed by atoms with E-state index in [-0.39, 0.29) is 123 Å². The second-order valence-corrected chi connectivity index (χ2v) is 23.6. The molecule has 0 radical (unpaired) electrons. The van der Waals surface area contributed by atoms with Crippen molar-refractivity contribution in [3.05, 3.63) is 260 Å². The molecular weight excluding hydrogens is 1180 g/mol. The Morgan fingerprint density at radius 3 is 0.955 bits per heavy atom. The molecule has 4 aliphatic carbocycles. The third-order valence-electron chi connectivity index (χ3n) is 15.6. The van der Waals surface area contributed by atoms with E-state index >= 15 is 19.2 Å². The molecule has 4 aliphatic rings. The fraction of sp³-hybridized carbons (Fsp3) is 0.0857. The molecule has 0 spiro atoms. The summed E-state index contributed by atoms with van der Waals surface area (Å²) in [4.78, 5) is 104. The van der Waals surface area contributed by atoms with Gasteiger partial charge in [-0.15, -0.1) is 34.0 Å². The number of thiophene rings is 3. The van der Waals surface area contributed by atoms with Crippen LogP contribution in [0.15, 0.2) is 203 Å². The number of hydrogen-bond acceptors (Lipinski definition) is 19. The van der Waals surface area contributed by atoms with Crippen molar-refractivity contribution in [1.29, 1.82) is 21.0 Å². The van der Waals surface area contributed by atoms with Gasteiger partial charge in [0.15, 0.2) is 0 Å². The number of nitrogens with zero attached hydrogens (tertiary/aromatic N) is 6. The molecule has 0 N–H and O–H groups in total. The van der Waals surface area contributed by atoms with E-state index < -0.39 is 46.3 Å². The second-order valence-electron chi connectivity index (χ2n) is 20.5. The van der Waals surface area contributed by atoms with Crippen LogP contribution in [0.25, 0.3) is 30.7 Å². The molecule has 0 aliphatic heterocycles. The number of nitriles is 4. The smallest absolute Gasteiger partial charge is 0.333 e. The lowest BCUT2D eigenvalue weighted by atomic mass is 9.70. The van der Waals surface area contributed by atoms with E-state index in [1.54, 1.807) is 170 Å². The Balaban J connectivity index is 1.10. The highest BCUT2D eigenvalue weighted by molar-refractivity contribution is 7.29. The number of ketones is 2. The number of hydrogen-bond donors (Lipinski definition) is 0. The number of fused-ring (bicyclic) bond motifs is 9. The lowest BCUT2D eigenvalue weighted by molar-refractivity contribution is -0.167. The van der Waals surface area contributed by atoms with Crippen molar-refractivity contribution in [3.8, 4) is 43.8 Å². The molecule has 13 rings (SSSR count). The molecule has 0 saturated carbocycles. The first-order chi connectivity index (χ1) is 43.4. The molecule has 0 unspecified atom stereocenters. The Morgan fingerprint density at radius 2 is 0.663 bits per heavy atom. The number of benzene rings is 6. The van der Waals surface area contributed by atoms with Gasteiger partial charge in [0.2, 0.25) is 22.4 Å². The van der Waals surface area contributed by atoms with Gasteiger partial charge in [-0.25, -0.2) is 9.98 Å². The van der Waals surface area contributed by atoms with Crippen LogP contribution in [-0.2, 0) is 75.4 Å². The zero-order valence-corrected chi connectivity index (χ0v) is 48.6. The van der Waals surface area contributed by atoms with Crippen LogP contribution in [0.5, 0.6) is 0 Å². The van der Waals surface area contributed by atoms with Crippen LogP contribution >= 0.6 is 34.0 Å². The normalized spacial score (nSPS) is 14.8. The van der Waals surface area contributed by atoms with E-state index in [9.17, 15) is 30.6 Å². The summed E-state index contributed by atoms with van der Waals surface area (Å²) in [5.41, 5.74) is -4.14. The number of esters is 4. The third kappa shape index (κ3) is 9.21. The van der Waals surface area contributed by atoms with Gasteiger partial charge in [0.05, 0.1) is 19.5 Å². The number of allylic oxidation sites excluding steroid dienone is 4. The number of rotatable bonds is 14. The first-order valence-electron chi connectivity index (χ1n) is 27.3. The topological polar surface area (TPSA) is 259 Å². The van der Waals surface area contributed by atoms with Crippen molar-refractivity contribution < 1.29 is 47.7 Å². The summed E-state index contributed by atoms with van der Waals surface area (Å²) in [6.45, 7) is -1.52. The highest BCUT2D eigenvalue weighted by Gasteiger charge is 2.69. The van der Waals surface area contributed by atoms with Gasteiger partial charge in [-0.3, -0.25) is 28.8 Å². The average molecular weight is 1220 g/mol. The molecule has 426 valence electrons. The summed E-state index contributed by atoms with van der Waals surface area (Å²) >= 11 is 2.91. The van der Waals surface area contributed by atoms with Crippen LogP contribution in [0.4, 0.5) is 10.0 Å². The Labute approximate surface area is 518 Å². The molecule has 3 aromatic heterocycles. The molecule has 9 aromatic rings. The predicted octanol–water partition coefficient (Wildman–Crippen LogP) is 12.9. The Kier molecular flexibility index (Phi) is 14.6. The number of carbonyl (C=O) groups is 6. The van der Waals surface area contributed by atoms with Crippen molar-refractivity contribution in [2.24, 2.45) is 9.98 Å². The molecule has 0 bridgehead atoms. The van der Waals surface area contributed by atoms with E-state index in [0.29, 0.717) is 33.4 Å². The zero-order valence-electron chi connectivity index (χ0n) is 46.1. The average Bonchev–Trinajstić information content (AvgIpc) is 1.51. The minimum atomic E-state index is -2.74. The Morgan fingerprint density at radius 1 is 0.382 bits per heavy atom. The second kappa shape index (κ2) is 23.0. The van der Waals surface area contributed by atoms with Gasteiger partial charge in [0, 0.05) is 44.5 Å². The molecule has 0 saturated heterocycles. The summed E-state index contributed by atoms with van der Waals surface area (Å²) in [6.07, 6.45) is 0. The number of ether oxygens (including phenoxy) is 4. The van der Waals surface area contributed by atoms with E-state index in [1.165, 1.54) is 12.1 Å². The van der Waals surface area contributed by atoms with Crippen molar-refractivity contribution in [1.82, 2.24) is 0 Å². The van der Waals surface area contributed by atoms with Crippen molar-refractivity contribution in [2.75, 3.05) is 0 Å². The van der Waals surface area contributed by atoms with E-state index in [0.717, 1.165) is 34.0 Å². The van der Waals surface area contributed by atoms with Crippen LogP contribution in [0.3, 0.4) is 0 Å². The Hall–Kier alpha value is -11.6.